The molecular weight excluding hydrogens is 380 g/mol. The van der Waals surface area contributed by atoms with Crippen molar-refractivity contribution >= 4 is 11.6 Å². The minimum atomic E-state index is -0.422. The lowest BCUT2D eigenvalue weighted by Crippen LogP contribution is -2.32. The first-order valence-electron chi connectivity index (χ1n) is 9.72. The van der Waals surface area contributed by atoms with Crippen LogP contribution in [0.3, 0.4) is 0 Å². The average molecular weight is 402 g/mol. The summed E-state index contributed by atoms with van der Waals surface area (Å²) in [4.78, 5) is 32.7. The van der Waals surface area contributed by atoms with E-state index in [4.69, 9.17) is 4.98 Å². The molecule has 0 atom stereocenters. The van der Waals surface area contributed by atoms with Gasteiger partial charge >= 0.3 is 0 Å². The first-order valence-corrected chi connectivity index (χ1v) is 9.72. The predicted octanol–water partition coefficient (Wildman–Crippen LogP) is 3.84. The van der Waals surface area contributed by atoms with Crippen molar-refractivity contribution in [2.75, 3.05) is 27.2 Å². The molecule has 1 amide bonds. The molecule has 0 saturated heterocycles. The van der Waals surface area contributed by atoms with Crippen LogP contribution < -0.4 is 0 Å². The van der Waals surface area contributed by atoms with Gasteiger partial charge in [-0.3, -0.25) is 19.9 Å². The van der Waals surface area contributed by atoms with Gasteiger partial charge in [0.05, 0.1) is 28.4 Å². The summed E-state index contributed by atoms with van der Waals surface area (Å²) >= 11 is 0. The Morgan fingerprint density at radius 2 is 1.80 bits per heavy atom. The van der Waals surface area contributed by atoms with Gasteiger partial charge in [-0.2, -0.15) is 0 Å². The van der Waals surface area contributed by atoms with E-state index in [0.29, 0.717) is 35.5 Å². The van der Waals surface area contributed by atoms with Gasteiger partial charge in [0.15, 0.2) is 0 Å². The Bertz CT molecular complexity index is 1110. The van der Waals surface area contributed by atoms with Crippen LogP contribution in [0.4, 0.5) is 5.69 Å². The van der Waals surface area contributed by atoms with Gasteiger partial charge in [0.25, 0.3) is 11.6 Å². The third-order valence-corrected chi connectivity index (χ3v) is 5.19. The summed E-state index contributed by atoms with van der Waals surface area (Å²) in [5.41, 5.74) is 4.25. The van der Waals surface area contributed by atoms with Crippen LogP contribution in [0.5, 0.6) is 0 Å². The number of nitrogens with zero attached hydrogens (tertiary/aromatic N) is 4. The zero-order valence-electron chi connectivity index (χ0n) is 16.9. The molecule has 0 aliphatic carbocycles. The molecule has 0 bridgehead atoms. The highest BCUT2D eigenvalue weighted by atomic mass is 16.6. The Balaban J connectivity index is 1.85. The van der Waals surface area contributed by atoms with Crippen molar-refractivity contribution in [3.63, 3.8) is 0 Å². The number of rotatable bonds is 6. The fourth-order valence-electron chi connectivity index (χ4n) is 3.63. The fourth-order valence-corrected chi connectivity index (χ4v) is 3.63. The molecular formula is C23H22N4O3. The molecule has 0 spiro atoms. The van der Waals surface area contributed by atoms with Gasteiger partial charge in [-0.15, -0.1) is 0 Å². The first-order chi connectivity index (χ1) is 14.4. The van der Waals surface area contributed by atoms with Crippen molar-refractivity contribution in [3.8, 4) is 22.4 Å². The van der Waals surface area contributed by atoms with Gasteiger partial charge in [-0.25, -0.2) is 0 Å². The van der Waals surface area contributed by atoms with E-state index in [1.165, 1.54) is 12.1 Å². The molecule has 152 valence electrons. The number of fused-ring (bicyclic) bond motifs is 1. The quantitative estimate of drug-likeness (QED) is 0.462. The molecule has 7 nitrogen and oxygen atoms in total. The maximum Gasteiger partial charge on any atom is 0.270 e. The van der Waals surface area contributed by atoms with Crippen molar-refractivity contribution in [2.24, 2.45) is 0 Å². The smallest absolute Gasteiger partial charge is 0.270 e. The molecule has 30 heavy (non-hydrogen) atoms. The largest absolute Gasteiger partial charge is 0.331 e. The molecule has 0 unspecified atom stereocenters. The summed E-state index contributed by atoms with van der Waals surface area (Å²) in [5, 5.41) is 11.3. The Morgan fingerprint density at radius 1 is 1.07 bits per heavy atom. The number of carbonyl (C=O) groups excluding carboxylic acids is 1. The zero-order valence-corrected chi connectivity index (χ0v) is 16.9. The van der Waals surface area contributed by atoms with E-state index in [1.54, 1.807) is 17.0 Å². The van der Waals surface area contributed by atoms with Crippen molar-refractivity contribution in [1.82, 2.24) is 14.8 Å². The third-order valence-electron chi connectivity index (χ3n) is 5.19. The molecule has 1 aliphatic heterocycles. The second-order valence-corrected chi connectivity index (χ2v) is 7.58. The number of amides is 1. The number of hydrogen-bond donors (Lipinski definition) is 0. The summed E-state index contributed by atoms with van der Waals surface area (Å²) in [6.45, 7) is 1.78. The lowest BCUT2D eigenvalue weighted by atomic mass is 9.96. The summed E-state index contributed by atoms with van der Waals surface area (Å²) in [6, 6.07) is 18.0. The van der Waals surface area contributed by atoms with Crippen LogP contribution >= 0.6 is 0 Å². The number of non-ortho nitro benzene ring substituents is 1. The molecule has 2 heterocycles. The number of hydrogen-bond acceptors (Lipinski definition) is 5. The molecule has 0 radical (unpaired) electrons. The maximum atomic E-state index is 13.2. The van der Waals surface area contributed by atoms with Crippen LogP contribution in [-0.4, -0.2) is 52.8 Å². The number of nitro benzene ring substituents is 1. The van der Waals surface area contributed by atoms with E-state index in [1.807, 2.05) is 55.4 Å². The van der Waals surface area contributed by atoms with Crippen LogP contribution in [0, 0.1) is 10.1 Å². The Morgan fingerprint density at radius 3 is 2.50 bits per heavy atom. The van der Waals surface area contributed by atoms with Crippen LogP contribution in [-0.2, 0) is 6.54 Å². The zero-order chi connectivity index (χ0) is 21.3. The number of likely N-dealkylation sites (N-methyl/N-ethyl adjacent to an activating group) is 1. The van der Waals surface area contributed by atoms with Crippen molar-refractivity contribution in [3.05, 3.63) is 82.0 Å². The summed E-state index contributed by atoms with van der Waals surface area (Å²) < 4.78 is 0. The van der Waals surface area contributed by atoms with Crippen LogP contribution in [0.15, 0.2) is 60.7 Å². The second-order valence-electron chi connectivity index (χ2n) is 7.58. The van der Waals surface area contributed by atoms with E-state index in [9.17, 15) is 14.9 Å². The van der Waals surface area contributed by atoms with Gasteiger partial charge in [-0.1, -0.05) is 42.5 Å². The lowest BCUT2D eigenvalue weighted by molar-refractivity contribution is -0.384. The Kier molecular flexibility index (Phi) is 5.29. The summed E-state index contributed by atoms with van der Waals surface area (Å²) in [6.07, 6.45) is 0. The van der Waals surface area contributed by atoms with E-state index in [0.717, 1.165) is 17.8 Å². The van der Waals surface area contributed by atoms with Crippen LogP contribution in [0.1, 0.15) is 16.1 Å². The lowest BCUT2D eigenvalue weighted by Gasteiger charge is -2.18. The van der Waals surface area contributed by atoms with Crippen LogP contribution in [0.2, 0.25) is 0 Å². The van der Waals surface area contributed by atoms with Crippen molar-refractivity contribution in [1.29, 1.82) is 0 Å². The molecule has 7 heteroatoms. The average Bonchev–Trinajstić information content (AvgIpc) is 3.08. The van der Waals surface area contributed by atoms with Gasteiger partial charge in [-0.05, 0) is 31.3 Å². The molecule has 3 aromatic rings. The Hall–Kier alpha value is -3.58. The highest BCUT2D eigenvalue weighted by molar-refractivity contribution is 6.04. The molecule has 2 aromatic carbocycles. The first kappa shape index (κ1) is 19.7. The van der Waals surface area contributed by atoms with E-state index in [2.05, 4.69) is 0 Å². The molecule has 0 saturated carbocycles. The van der Waals surface area contributed by atoms with Gasteiger partial charge in [0, 0.05) is 30.8 Å². The normalized spacial score (nSPS) is 13.0. The second kappa shape index (κ2) is 8.04. The highest BCUT2D eigenvalue weighted by Crippen LogP contribution is 2.36. The van der Waals surface area contributed by atoms with Gasteiger partial charge in [0.1, 0.15) is 0 Å². The number of benzene rings is 2. The van der Waals surface area contributed by atoms with E-state index >= 15 is 0 Å². The van der Waals surface area contributed by atoms with Crippen LogP contribution in [0.25, 0.3) is 22.4 Å². The fraction of sp³-hybridized carbons (Fsp3) is 0.217. The third kappa shape index (κ3) is 3.79. The molecule has 1 aromatic heterocycles. The molecule has 4 rings (SSSR count). The molecule has 0 fully saturated rings. The number of pyridine rings is 1. The molecule has 0 N–H and O–H groups in total. The number of aromatic nitrogens is 1. The predicted molar refractivity (Wildman–Crippen MR) is 115 cm³/mol. The Labute approximate surface area is 174 Å². The van der Waals surface area contributed by atoms with Crippen molar-refractivity contribution in [2.45, 2.75) is 6.54 Å². The summed E-state index contributed by atoms with van der Waals surface area (Å²) in [7, 11) is 3.93. The molecule has 1 aliphatic rings. The van der Waals surface area contributed by atoms with Crippen molar-refractivity contribution < 1.29 is 9.72 Å². The SMILES string of the molecule is CN(C)CCN1Cc2nc(-c3ccccc3)cc(-c3cccc([N+](=O)[O-])c3)c2C1=O. The minimum absolute atomic E-state index is 0.00534. The topological polar surface area (TPSA) is 79.6 Å². The number of nitro groups is 1. The summed E-state index contributed by atoms with van der Waals surface area (Å²) in [5.74, 6) is -0.0829. The van der Waals surface area contributed by atoms with E-state index < -0.39 is 4.92 Å². The van der Waals surface area contributed by atoms with E-state index in [-0.39, 0.29) is 11.6 Å². The standard InChI is InChI=1S/C23H22N4O3/c1-25(2)11-12-26-15-21-22(23(26)28)19(17-9-6-10-18(13-17)27(29)30)14-20(24-21)16-7-4-3-5-8-16/h3-10,13-14H,11-12,15H2,1-2H3. The number of carbonyl (C=O) groups is 1. The minimum Gasteiger partial charge on any atom is -0.331 e. The maximum absolute atomic E-state index is 13.2. The van der Waals surface area contributed by atoms with Gasteiger partial charge < -0.3 is 9.80 Å². The highest BCUT2D eigenvalue weighted by Gasteiger charge is 2.32. The van der Waals surface area contributed by atoms with Gasteiger partial charge in [0.2, 0.25) is 0 Å². The monoisotopic (exact) mass is 402 g/mol.